The molecule has 0 unspecified atom stereocenters. The van der Waals surface area contributed by atoms with Crippen LogP contribution in [0.2, 0.25) is 0 Å². The Morgan fingerprint density at radius 1 is 1.35 bits per heavy atom. The maximum Gasteiger partial charge on any atom is 0.356 e. The SMILES string of the molecule is COC(Cn1cc(C(C)C)c(=O)c(O)c1C(=O)O)OC. The average molecular weight is 285 g/mol. The molecule has 1 aromatic heterocycles. The van der Waals surface area contributed by atoms with Crippen LogP contribution >= 0.6 is 0 Å². The zero-order chi connectivity index (χ0) is 15.4. The van der Waals surface area contributed by atoms with Gasteiger partial charge in [-0.15, -0.1) is 0 Å². The first kappa shape index (κ1) is 16.2. The van der Waals surface area contributed by atoms with Crippen LogP contribution < -0.4 is 5.43 Å². The summed E-state index contributed by atoms with van der Waals surface area (Å²) < 4.78 is 11.3. The van der Waals surface area contributed by atoms with Crippen molar-refractivity contribution in [2.75, 3.05) is 14.2 Å². The zero-order valence-corrected chi connectivity index (χ0v) is 11.9. The number of carboxylic acids is 1. The second-order valence-corrected chi connectivity index (χ2v) is 4.62. The summed E-state index contributed by atoms with van der Waals surface area (Å²) in [5.41, 5.74) is -0.808. The third-order valence-corrected chi connectivity index (χ3v) is 2.98. The zero-order valence-electron chi connectivity index (χ0n) is 11.9. The lowest BCUT2D eigenvalue weighted by molar-refractivity contribution is -0.111. The number of carbonyl (C=O) groups is 1. The monoisotopic (exact) mass is 285 g/mol. The molecule has 1 aromatic rings. The molecule has 0 fully saturated rings. The van der Waals surface area contributed by atoms with Gasteiger partial charge in [0.05, 0.1) is 6.54 Å². The number of carboxylic acid groups (broad SMARTS) is 1. The van der Waals surface area contributed by atoms with E-state index in [1.165, 1.54) is 25.0 Å². The van der Waals surface area contributed by atoms with E-state index in [1.54, 1.807) is 13.8 Å². The van der Waals surface area contributed by atoms with Gasteiger partial charge in [-0.2, -0.15) is 0 Å². The van der Waals surface area contributed by atoms with Crippen molar-refractivity contribution >= 4 is 5.97 Å². The highest BCUT2D eigenvalue weighted by Crippen LogP contribution is 2.19. The second-order valence-electron chi connectivity index (χ2n) is 4.62. The maximum absolute atomic E-state index is 11.9. The van der Waals surface area contributed by atoms with Gasteiger partial charge in [-0.3, -0.25) is 4.79 Å². The number of hydrogen-bond donors (Lipinski definition) is 2. The largest absolute Gasteiger partial charge is 0.502 e. The summed E-state index contributed by atoms with van der Waals surface area (Å²) in [5, 5.41) is 19.0. The Balaban J connectivity index is 3.46. The molecule has 0 aliphatic carbocycles. The number of hydrogen-bond acceptors (Lipinski definition) is 5. The average Bonchev–Trinajstić information content (AvgIpc) is 2.38. The summed E-state index contributed by atoms with van der Waals surface area (Å²) in [4.78, 5) is 23.2. The van der Waals surface area contributed by atoms with E-state index in [2.05, 4.69) is 0 Å². The van der Waals surface area contributed by atoms with E-state index in [4.69, 9.17) is 14.6 Å². The highest BCUT2D eigenvalue weighted by Gasteiger charge is 2.23. The molecule has 112 valence electrons. The summed E-state index contributed by atoms with van der Waals surface area (Å²) in [7, 11) is 2.83. The minimum Gasteiger partial charge on any atom is -0.502 e. The van der Waals surface area contributed by atoms with Gasteiger partial charge in [-0.05, 0) is 5.92 Å². The number of rotatable bonds is 6. The predicted octanol–water partition coefficient (Wildman–Crippen LogP) is 0.994. The molecule has 2 N–H and O–H groups in total. The van der Waals surface area contributed by atoms with Crippen LogP contribution in [-0.2, 0) is 16.0 Å². The van der Waals surface area contributed by atoms with E-state index >= 15 is 0 Å². The lowest BCUT2D eigenvalue weighted by atomic mass is 10.0. The van der Waals surface area contributed by atoms with Gasteiger partial charge in [0.2, 0.25) is 5.43 Å². The molecule has 7 heteroatoms. The Labute approximate surface area is 116 Å². The first-order valence-electron chi connectivity index (χ1n) is 6.08. The fourth-order valence-corrected chi connectivity index (χ4v) is 1.86. The molecular weight excluding hydrogens is 266 g/mol. The fourth-order valence-electron chi connectivity index (χ4n) is 1.86. The van der Waals surface area contributed by atoms with Crippen molar-refractivity contribution in [1.82, 2.24) is 4.57 Å². The van der Waals surface area contributed by atoms with Crippen molar-refractivity contribution < 1.29 is 24.5 Å². The maximum atomic E-state index is 11.9. The van der Waals surface area contributed by atoms with Crippen molar-refractivity contribution in [3.8, 4) is 5.75 Å². The van der Waals surface area contributed by atoms with E-state index < -0.39 is 29.1 Å². The molecule has 0 aromatic carbocycles. The van der Waals surface area contributed by atoms with Gasteiger partial charge in [0.1, 0.15) is 0 Å². The van der Waals surface area contributed by atoms with E-state index in [-0.39, 0.29) is 12.5 Å². The highest BCUT2D eigenvalue weighted by molar-refractivity contribution is 5.88. The van der Waals surface area contributed by atoms with Gasteiger partial charge in [0, 0.05) is 26.0 Å². The normalized spacial score (nSPS) is 11.3. The highest BCUT2D eigenvalue weighted by atomic mass is 16.7. The molecule has 0 aliphatic rings. The Kier molecular flexibility index (Phi) is 5.29. The van der Waals surface area contributed by atoms with Gasteiger partial charge < -0.3 is 24.3 Å². The molecule has 0 radical (unpaired) electrons. The van der Waals surface area contributed by atoms with Crippen molar-refractivity contribution in [3.05, 3.63) is 27.7 Å². The molecule has 0 spiro atoms. The topological polar surface area (TPSA) is 98.0 Å². The standard InChI is InChI=1S/C13H19NO6/c1-7(2)8-5-14(6-9(19-3)20-4)10(13(17)18)12(16)11(8)15/h5,7,9,16H,6H2,1-4H3,(H,17,18). The first-order chi connectivity index (χ1) is 9.33. The van der Waals surface area contributed by atoms with Crippen LogP contribution in [0.3, 0.4) is 0 Å². The molecule has 0 bridgehead atoms. The summed E-state index contributed by atoms with van der Waals surface area (Å²) in [6.45, 7) is 3.61. The number of aromatic hydroxyl groups is 1. The second kappa shape index (κ2) is 6.53. The third-order valence-electron chi connectivity index (χ3n) is 2.98. The number of aromatic carboxylic acids is 1. The number of aromatic nitrogens is 1. The molecule has 0 amide bonds. The van der Waals surface area contributed by atoms with E-state index in [0.717, 1.165) is 0 Å². The minimum atomic E-state index is -1.39. The van der Waals surface area contributed by atoms with Crippen LogP contribution in [0.4, 0.5) is 0 Å². The molecule has 0 aliphatic heterocycles. The fraction of sp³-hybridized carbons (Fsp3) is 0.538. The molecule has 1 heterocycles. The van der Waals surface area contributed by atoms with Crippen LogP contribution in [0.5, 0.6) is 5.75 Å². The van der Waals surface area contributed by atoms with Crippen LogP contribution in [0.15, 0.2) is 11.0 Å². The molecular formula is C13H19NO6. The van der Waals surface area contributed by atoms with Crippen LogP contribution in [0, 0.1) is 0 Å². The van der Waals surface area contributed by atoms with E-state index in [0.29, 0.717) is 5.56 Å². The number of ether oxygens (including phenoxy) is 2. The first-order valence-corrected chi connectivity index (χ1v) is 6.08. The molecule has 1 rings (SSSR count). The van der Waals surface area contributed by atoms with Crippen LogP contribution in [0.25, 0.3) is 0 Å². The molecule has 20 heavy (non-hydrogen) atoms. The van der Waals surface area contributed by atoms with Crippen molar-refractivity contribution in [2.45, 2.75) is 32.6 Å². The van der Waals surface area contributed by atoms with Gasteiger partial charge >= 0.3 is 5.97 Å². The molecule has 0 saturated carbocycles. The minimum absolute atomic E-state index is 0.0438. The number of pyridine rings is 1. The predicted molar refractivity (Wildman–Crippen MR) is 71.2 cm³/mol. The Morgan fingerprint density at radius 3 is 2.30 bits per heavy atom. The van der Waals surface area contributed by atoms with E-state index in [1.807, 2.05) is 0 Å². The smallest absolute Gasteiger partial charge is 0.356 e. The van der Waals surface area contributed by atoms with Gasteiger partial charge in [-0.1, -0.05) is 13.8 Å². The number of nitrogens with zero attached hydrogens (tertiary/aromatic N) is 1. The summed E-state index contributed by atoms with van der Waals surface area (Å²) in [6.07, 6.45) is 0.733. The van der Waals surface area contributed by atoms with Crippen molar-refractivity contribution in [2.24, 2.45) is 0 Å². The Hall–Kier alpha value is -1.86. The molecule has 0 atom stereocenters. The Morgan fingerprint density at radius 2 is 1.90 bits per heavy atom. The summed E-state index contributed by atoms with van der Waals surface area (Å²) in [5.74, 6) is -2.30. The van der Waals surface area contributed by atoms with Crippen LogP contribution in [0.1, 0.15) is 35.8 Å². The number of methoxy groups -OCH3 is 2. The third kappa shape index (κ3) is 3.17. The van der Waals surface area contributed by atoms with Gasteiger partial charge in [0.15, 0.2) is 17.7 Å². The quantitative estimate of drug-likeness (QED) is 0.756. The lowest BCUT2D eigenvalue weighted by Gasteiger charge is -2.19. The lowest BCUT2D eigenvalue weighted by Crippen LogP contribution is -2.27. The summed E-state index contributed by atoms with van der Waals surface area (Å²) >= 11 is 0. The van der Waals surface area contributed by atoms with Crippen LogP contribution in [-0.4, -0.2) is 41.3 Å². The Bertz CT molecular complexity index is 545. The molecule has 7 nitrogen and oxygen atoms in total. The summed E-state index contributed by atoms with van der Waals surface area (Å²) in [6, 6.07) is 0. The van der Waals surface area contributed by atoms with Crippen molar-refractivity contribution in [1.29, 1.82) is 0 Å². The van der Waals surface area contributed by atoms with Gasteiger partial charge in [0.25, 0.3) is 0 Å². The van der Waals surface area contributed by atoms with E-state index in [9.17, 15) is 14.7 Å². The molecule has 0 saturated heterocycles. The van der Waals surface area contributed by atoms with Gasteiger partial charge in [-0.25, -0.2) is 4.79 Å². The van der Waals surface area contributed by atoms with Crippen molar-refractivity contribution in [3.63, 3.8) is 0 Å².